The van der Waals surface area contributed by atoms with Crippen molar-refractivity contribution >= 4 is 64.5 Å². The molecule has 4 aromatic rings. The van der Waals surface area contributed by atoms with Crippen LogP contribution in [0, 0.1) is 35.0 Å². The Hall–Kier alpha value is -4.92. The maximum Gasteiger partial charge on any atom is 0.230 e. The van der Waals surface area contributed by atoms with Crippen LogP contribution in [0.1, 0.15) is 103 Å². The molecule has 2 aliphatic carbocycles. The first kappa shape index (κ1) is 48.0. The van der Waals surface area contributed by atoms with Gasteiger partial charge in [0, 0.05) is 49.5 Å². The number of para-hydroxylation sites is 4. The molecule has 15 heteroatoms. The molecule has 65 heavy (non-hydrogen) atoms. The second-order valence-electron chi connectivity index (χ2n) is 20.3. The summed E-state index contributed by atoms with van der Waals surface area (Å²) >= 11 is 0. The predicted octanol–water partition coefficient (Wildman–Crippen LogP) is 8.28. The van der Waals surface area contributed by atoms with Crippen LogP contribution < -0.4 is 31.5 Å². The van der Waals surface area contributed by atoms with E-state index in [2.05, 4.69) is 51.8 Å². The minimum atomic E-state index is 0. The SMILES string of the molecule is Cl.Cn1ncc2c1Nc1ccccc1N(C(=O)C1CCC(CN)CC1)C2.Cn1ncc2c1Nc1ccccc1N(C(=O)C1CCC(CNC(=O)C3CCN(CCC(C)(C)C)CC3)CC1)C2. The van der Waals surface area contributed by atoms with Crippen molar-refractivity contribution in [2.24, 2.45) is 54.8 Å². The Labute approximate surface area is 391 Å². The highest BCUT2D eigenvalue weighted by Gasteiger charge is 2.35. The minimum Gasteiger partial charge on any atom is -0.356 e. The molecule has 2 aromatic heterocycles. The van der Waals surface area contributed by atoms with Gasteiger partial charge in [-0.2, -0.15) is 10.2 Å². The molecule has 0 atom stereocenters. The second-order valence-corrected chi connectivity index (χ2v) is 20.3. The van der Waals surface area contributed by atoms with Gasteiger partial charge >= 0.3 is 0 Å². The number of hydrogen-bond donors (Lipinski definition) is 4. The maximum atomic E-state index is 13.8. The number of amides is 3. The molecular weight excluding hydrogens is 838 g/mol. The molecule has 0 radical (unpaired) electrons. The van der Waals surface area contributed by atoms with Gasteiger partial charge in [-0.25, -0.2) is 0 Å². The standard InChI is InChI=1S/C31H46N6O2.C19H25N5O.ClH/c1-31(2,3)15-18-36-16-13-23(14-17-36)29(38)32-19-22-9-11-24(12-10-22)30(39)37-21-25-20-33-35(4)28(25)34-26-7-5-6-8-27(26)37;1-23-18-15(11-21-23)12-24(17-5-3-2-4-16(17)22-18)19(25)14-8-6-13(10-20)7-9-14;/h5-8,20,22-24,34H,9-19,21H2,1-4H3,(H,32,38);2-5,11,13-14,22H,6-10,12,20H2,1H3;1H. The third-order valence-electron chi connectivity index (χ3n) is 14.5. The van der Waals surface area contributed by atoms with Crippen molar-refractivity contribution in [3.63, 3.8) is 0 Å². The fraction of sp³-hybridized carbons (Fsp3) is 0.580. The second kappa shape index (κ2) is 21.1. The van der Waals surface area contributed by atoms with E-state index in [-0.39, 0.29) is 47.9 Å². The van der Waals surface area contributed by atoms with E-state index in [0.29, 0.717) is 30.3 Å². The number of carbonyl (C=O) groups is 3. The summed E-state index contributed by atoms with van der Waals surface area (Å²) in [6.07, 6.45) is 14.5. The Morgan fingerprint density at radius 1 is 0.677 bits per heavy atom. The van der Waals surface area contributed by atoms with Gasteiger partial charge < -0.3 is 36.4 Å². The number of aryl methyl sites for hydroxylation is 2. The van der Waals surface area contributed by atoms with E-state index in [1.807, 2.05) is 94.2 Å². The van der Waals surface area contributed by atoms with E-state index in [4.69, 9.17) is 5.73 Å². The average Bonchev–Trinajstić information content (AvgIpc) is 3.70. The first-order valence-corrected chi connectivity index (χ1v) is 23.9. The Bertz CT molecular complexity index is 2240. The van der Waals surface area contributed by atoms with Crippen LogP contribution in [0.5, 0.6) is 0 Å². The monoisotopic (exact) mass is 910 g/mol. The lowest BCUT2D eigenvalue weighted by molar-refractivity contribution is -0.127. The molecule has 1 saturated heterocycles. The number of nitrogens with one attached hydrogen (secondary N) is 3. The van der Waals surface area contributed by atoms with Crippen LogP contribution in [0.25, 0.3) is 0 Å². The number of piperidine rings is 1. The smallest absolute Gasteiger partial charge is 0.230 e. The van der Waals surface area contributed by atoms with Crippen molar-refractivity contribution in [2.75, 3.05) is 53.2 Å². The largest absolute Gasteiger partial charge is 0.356 e. The molecule has 3 aliphatic heterocycles. The number of likely N-dealkylation sites (tertiary alicyclic amines) is 1. The summed E-state index contributed by atoms with van der Waals surface area (Å²) in [5.41, 5.74) is 12.0. The molecule has 5 N–H and O–H groups in total. The lowest BCUT2D eigenvalue weighted by atomic mass is 9.81. The highest BCUT2D eigenvalue weighted by Crippen LogP contribution is 2.40. The Morgan fingerprint density at radius 2 is 1.14 bits per heavy atom. The fourth-order valence-electron chi connectivity index (χ4n) is 10.3. The number of fused-ring (bicyclic) bond motifs is 4. The van der Waals surface area contributed by atoms with E-state index in [1.54, 1.807) is 0 Å². The Kier molecular flexibility index (Phi) is 15.6. The molecule has 9 rings (SSSR count). The molecule has 5 heterocycles. The number of nitrogens with two attached hydrogens (primary N) is 1. The van der Waals surface area contributed by atoms with Crippen molar-refractivity contribution in [3.8, 4) is 0 Å². The van der Waals surface area contributed by atoms with Gasteiger partial charge in [0.05, 0.1) is 48.2 Å². The predicted molar refractivity (Wildman–Crippen MR) is 262 cm³/mol. The molecule has 2 aromatic carbocycles. The van der Waals surface area contributed by atoms with Gasteiger partial charge in [-0.15, -0.1) is 12.4 Å². The number of nitrogens with zero attached hydrogens (tertiary/aromatic N) is 7. The van der Waals surface area contributed by atoms with E-state index in [9.17, 15) is 14.4 Å². The van der Waals surface area contributed by atoms with Gasteiger partial charge in [0.15, 0.2) is 0 Å². The lowest BCUT2D eigenvalue weighted by Gasteiger charge is -2.34. The zero-order chi connectivity index (χ0) is 45.0. The van der Waals surface area contributed by atoms with Crippen LogP contribution in [0.4, 0.5) is 34.4 Å². The normalized spacial score (nSPS) is 22.1. The lowest BCUT2D eigenvalue weighted by Crippen LogP contribution is -2.43. The van der Waals surface area contributed by atoms with Gasteiger partial charge in [-0.1, -0.05) is 45.0 Å². The first-order valence-electron chi connectivity index (χ1n) is 23.9. The van der Waals surface area contributed by atoms with E-state index in [0.717, 1.165) is 142 Å². The van der Waals surface area contributed by atoms with Crippen LogP contribution in [0.2, 0.25) is 0 Å². The number of carbonyl (C=O) groups excluding carboxylic acids is 3. The first-order chi connectivity index (χ1) is 30.8. The number of rotatable bonds is 8. The highest BCUT2D eigenvalue weighted by molar-refractivity contribution is 6.00. The minimum absolute atomic E-state index is 0. The van der Waals surface area contributed by atoms with Crippen molar-refractivity contribution in [1.82, 2.24) is 29.8 Å². The summed E-state index contributed by atoms with van der Waals surface area (Å²) in [5.74, 6) is 3.81. The summed E-state index contributed by atoms with van der Waals surface area (Å²) in [6, 6.07) is 16.0. The summed E-state index contributed by atoms with van der Waals surface area (Å²) in [7, 11) is 3.84. The highest BCUT2D eigenvalue weighted by atomic mass is 35.5. The summed E-state index contributed by atoms with van der Waals surface area (Å²) in [5, 5.41) is 18.9. The third kappa shape index (κ3) is 11.4. The maximum absolute atomic E-state index is 13.8. The van der Waals surface area contributed by atoms with Crippen molar-refractivity contribution < 1.29 is 14.4 Å². The number of benzene rings is 2. The molecule has 5 aliphatic rings. The van der Waals surface area contributed by atoms with E-state index >= 15 is 0 Å². The van der Waals surface area contributed by atoms with Gasteiger partial charge in [-0.3, -0.25) is 23.7 Å². The zero-order valence-corrected chi connectivity index (χ0v) is 40.0. The average molecular weight is 911 g/mol. The van der Waals surface area contributed by atoms with Gasteiger partial charge in [-0.05, 0) is 138 Å². The van der Waals surface area contributed by atoms with Gasteiger partial charge in [0.2, 0.25) is 17.7 Å². The molecule has 3 amide bonds. The molecule has 0 bridgehead atoms. The van der Waals surface area contributed by atoms with Crippen molar-refractivity contribution in [1.29, 1.82) is 0 Å². The molecular formula is C50H72ClN11O3. The Balaban J connectivity index is 0.000000209. The van der Waals surface area contributed by atoms with Crippen LogP contribution in [-0.2, 0) is 41.6 Å². The van der Waals surface area contributed by atoms with E-state index in [1.165, 1.54) is 6.42 Å². The quantitative estimate of drug-likeness (QED) is 0.137. The number of aromatic nitrogens is 4. The molecule has 3 fully saturated rings. The molecule has 352 valence electrons. The van der Waals surface area contributed by atoms with Crippen molar-refractivity contribution in [2.45, 2.75) is 104 Å². The van der Waals surface area contributed by atoms with Crippen LogP contribution >= 0.6 is 12.4 Å². The van der Waals surface area contributed by atoms with Crippen LogP contribution in [0.15, 0.2) is 60.9 Å². The molecule has 0 unspecified atom stereocenters. The summed E-state index contributed by atoms with van der Waals surface area (Å²) in [6.45, 7) is 12.6. The van der Waals surface area contributed by atoms with Gasteiger partial charge in [0.1, 0.15) is 11.6 Å². The number of halogens is 1. The van der Waals surface area contributed by atoms with Crippen LogP contribution in [-0.4, -0.2) is 74.9 Å². The third-order valence-corrected chi connectivity index (χ3v) is 14.5. The summed E-state index contributed by atoms with van der Waals surface area (Å²) in [4.78, 5) is 46.4. The van der Waals surface area contributed by atoms with E-state index < -0.39 is 0 Å². The molecule has 14 nitrogen and oxygen atoms in total. The zero-order valence-electron chi connectivity index (χ0n) is 39.2. The molecule has 2 saturated carbocycles. The summed E-state index contributed by atoms with van der Waals surface area (Å²) < 4.78 is 3.66. The Morgan fingerprint density at radius 3 is 1.60 bits per heavy atom. The van der Waals surface area contributed by atoms with Crippen LogP contribution in [0.3, 0.4) is 0 Å². The number of anilines is 6. The fourth-order valence-corrected chi connectivity index (χ4v) is 10.3. The van der Waals surface area contributed by atoms with Crippen molar-refractivity contribution in [3.05, 3.63) is 72.1 Å². The van der Waals surface area contributed by atoms with Gasteiger partial charge in [0.25, 0.3) is 0 Å². The topological polar surface area (TPSA) is 159 Å². The number of hydrogen-bond acceptors (Lipinski definition) is 9. The molecule has 0 spiro atoms.